The van der Waals surface area contributed by atoms with Gasteiger partial charge in [0, 0.05) is 39.8 Å². The number of halogens is 1. The van der Waals surface area contributed by atoms with Crippen LogP contribution in [0.1, 0.15) is 40.9 Å². The minimum Gasteiger partial charge on any atom is -0.493 e. The molecular formula is C40H34FN3O5S. The van der Waals surface area contributed by atoms with Gasteiger partial charge >= 0.3 is 5.97 Å². The number of rotatable bonds is 9. The number of carbonyl (C=O) groups excluding carboxylic acids is 1. The summed E-state index contributed by atoms with van der Waals surface area (Å²) in [6, 6.07) is 28.3. The molecule has 0 bridgehead atoms. The van der Waals surface area contributed by atoms with E-state index in [9.17, 15) is 14.0 Å². The third kappa shape index (κ3) is 5.71. The van der Waals surface area contributed by atoms with Crippen LogP contribution < -0.4 is 24.4 Å². The van der Waals surface area contributed by atoms with Crippen molar-refractivity contribution in [2.75, 3.05) is 20.8 Å². The molecule has 0 N–H and O–H groups in total. The summed E-state index contributed by atoms with van der Waals surface area (Å²) in [5.74, 6) is -0.0205. The molecule has 4 aromatic carbocycles. The van der Waals surface area contributed by atoms with E-state index >= 15 is 0 Å². The zero-order valence-electron chi connectivity index (χ0n) is 28.0. The minimum absolute atomic E-state index is 0.137. The maximum Gasteiger partial charge on any atom is 0.338 e. The van der Waals surface area contributed by atoms with E-state index in [1.807, 2.05) is 73.7 Å². The largest absolute Gasteiger partial charge is 0.493 e. The smallest absolute Gasteiger partial charge is 0.338 e. The Labute approximate surface area is 291 Å². The summed E-state index contributed by atoms with van der Waals surface area (Å²) in [5, 5.41) is 0.973. The number of aromatic nitrogens is 2. The number of carbonyl (C=O) groups is 1. The van der Waals surface area contributed by atoms with Crippen molar-refractivity contribution in [1.82, 2.24) is 9.13 Å². The molecule has 7 rings (SSSR count). The summed E-state index contributed by atoms with van der Waals surface area (Å²) in [6.45, 7) is 4.42. The first-order valence-electron chi connectivity index (χ1n) is 16.2. The van der Waals surface area contributed by atoms with Gasteiger partial charge in [-0.2, -0.15) is 0 Å². The summed E-state index contributed by atoms with van der Waals surface area (Å²) in [6.07, 6.45) is 1.90. The third-order valence-electron chi connectivity index (χ3n) is 8.91. The lowest BCUT2D eigenvalue weighted by Gasteiger charge is -2.27. The number of esters is 1. The van der Waals surface area contributed by atoms with Gasteiger partial charge in [-0.15, -0.1) is 0 Å². The van der Waals surface area contributed by atoms with Crippen LogP contribution in [0.2, 0.25) is 0 Å². The molecule has 1 aliphatic rings. The number of ether oxygens (including phenoxy) is 3. The van der Waals surface area contributed by atoms with E-state index in [-0.39, 0.29) is 23.6 Å². The minimum atomic E-state index is -0.936. The molecule has 8 nitrogen and oxygen atoms in total. The summed E-state index contributed by atoms with van der Waals surface area (Å²) < 4.78 is 35.0. The Hall–Kier alpha value is -5.74. The standard InChI is InChI=1S/C40H34FN3O5S/c1-5-49-39(46)34-35(26-12-7-6-8-13-26)42-40-44(36(34)29-15-11-17-32(47-3)37(29)48-4)38(45)33(50-40)22-30-24(2)43(31-16-10-9-14-28(30)31)23-25-18-20-27(41)21-19-25/h6-22,36H,5,23H2,1-4H3/b33-22-/t36-/m0/s1. The molecule has 3 heterocycles. The molecule has 0 unspecified atom stereocenters. The number of hydrogen-bond acceptors (Lipinski definition) is 7. The Balaban J connectivity index is 1.50. The van der Waals surface area contributed by atoms with Crippen LogP contribution in [0.25, 0.3) is 22.7 Å². The Bertz CT molecular complexity index is 2460. The molecule has 0 fully saturated rings. The highest BCUT2D eigenvalue weighted by atomic mass is 32.1. The normalized spacial score (nSPS) is 14.4. The van der Waals surface area contributed by atoms with Crippen LogP contribution in [-0.2, 0) is 16.1 Å². The quantitative estimate of drug-likeness (QED) is 0.164. The monoisotopic (exact) mass is 687 g/mol. The van der Waals surface area contributed by atoms with Crippen LogP contribution in [0.15, 0.2) is 112 Å². The zero-order chi connectivity index (χ0) is 34.9. The van der Waals surface area contributed by atoms with Crippen LogP contribution >= 0.6 is 11.3 Å². The van der Waals surface area contributed by atoms with E-state index in [0.717, 1.165) is 27.7 Å². The first-order valence-corrected chi connectivity index (χ1v) is 17.0. The van der Waals surface area contributed by atoms with Crippen LogP contribution in [-0.4, -0.2) is 35.9 Å². The van der Waals surface area contributed by atoms with Gasteiger partial charge in [0.15, 0.2) is 16.3 Å². The summed E-state index contributed by atoms with van der Waals surface area (Å²) in [7, 11) is 3.07. The van der Waals surface area contributed by atoms with E-state index in [0.29, 0.717) is 44.2 Å². The highest BCUT2D eigenvalue weighted by Gasteiger charge is 2.37. The molecule has 2 aromatic heterocycles. The fourth-order valence-corrected chi connectivity index (χ4v) is 7.59. The first kappa shape index (κ1) is 32.8. The average molecular weight is 688 g/mol. The number of para-hydroxylation sites is 2. The molecule has 0 spiro atoms. The topological polar surface area (TPSA) is 84.1 Å². The molecule has 1 aliphatic heterocycles. The van der Waals surface area contributed by atoms with Gasteiger partial charge in [0.05, 0.1) is 36.6 Å². The SMILES string of the molecule is CCOC(=O)C1=C(c2ccccc2)N=c2s/c(=C\c3c(C)n(Cc4ccc(F)cc4)c4ccccc34)c(=O)n2[C@H]1c1cccc(OC)c1OC. The Morgan fingerprint density at radius 3 is 2.40 bits per heavy atom. The molecular weight excluding hydrogens is 654 g/mol. The summed E-state index contributed by atoms with van der Waals surface area (Å²) in [5.41, 5.74) is 5.36. The van der Waals surface area contributed by atoms with Gasteiger partial charge in [0.25, 0.3) is 5.56 Å². The van der Waals surface area contributed by atoms with Gasteiger partial charge in [0.2, 0.25) is 0 Å². The van der Waals surface area contributed by atoms with Crippen molar-refractivity contribution in [2.24, 2.45) is 4.99 Å². The van der Waals surface area contributed by atoms with Crippen molar-refractivity contribution in [2.45, 2.75) is 26.4 Å². The lowest BCUT2D eigenvalue weighted by atomic mass is 9.92. The van der Waals surface area contributed by atoms with Crippen molar-refractivity contribution in [1.29, 1.82) is 0 Å². The maximum atomic E-state index is 14.7. The molecule has 252 valence electrons. The third-order valence-corrected chi connectivity index (χ3v) is 9.89. The van der Waals surface area contributed by atoms with Crippen molar-refractivity contribution in [3.63, 3.8) is 0 Å². The van der Waals surface area contributed by atoms with E-state index in [4.69, 9.17) is 19.2 Å². The Kier molecular flexibility index (Phi) is 8.95. The predicted octanol–water partition coefficient (Wildman–Crippen LogP) is 6.40. The number of fused-ring (bicyclic) bond motifs is 2. The van der Waals surface area contributed by atoms with Crippen molar-refractivity contribution in [3.8, 4) is 11.5 Å². The second-order valence-corrected chi connectivity index (χ2v) is 12.8. The highest BCUT2D eigenvalue weighted by Crippen LogP contribution is 2.42. The fourth-order valence-electron chi connectivity index (χ4n) is 6.61. The summed E-state index contributed by atoms with van der Waals surface area (Å²) >= 11 is 1.26. The van der Waals surface area contributed by atoms with E-state index < -0.39 is 12.0 Å². The van der Waals surface area contributed by atoms with Gasteiger partial charge in [0.1, 0.15) is 11.9 Å². The Morgan fingerprint density at radius 2 is 1.68 bits per heavy atom. The fraction of sp³-hybridized carbons (Fsp3) is 0.175. The molecule has 0 saturated heterocycles. The van der Waals surface area contributed by atoms with Crippen molar-refractivity contribution >= 4 is 40.0 Å². The van der Waals surface area contributed by atoms with Gasteiger partial charge in [-0.3, -0.25) is 9.36 Å². The molecule has 10 heteroatoms. The first-order chi connectivity index (χ1) is 24.3. The number of thiazole rings is 1. The molecule has 6 aromatic rings. The van der Waals surface area contributed by atoms with Crippen LogP contribution in [0, 0.1) is 12.7 Å². The van der Waals surface area contributed by atoms with Crippen molar-refractivity contribution < 1.29 is 23.4 Å². The van der Waals surface area contributed by atoms with E-state index in [1.54, 1.807) is 42.9 Å². The van der Waals surface area contributed by atoms with Crippen molar-refractivity contribution in [3.05, 3.63) is 156 Å². The number of methoxy groups -OCH3 is 2. The summed E-state index contributed by atoms with van der Waals surface area (Å²) in [4.78, 5) is 34.0. The zero-order valence-corrected chi connectivity index (χ0v) is 28.8. The molecule has 0 radical (unpaired) electrons. The molecule has 0 amide bonds. The van der Waals surface area contributed by atoms with Gasteiger partial charge in [-0.05, 0) is 49.8 Å². The van der Waals surface area contributed by atoms with Gasteiger partial charge in [-0.1, -0.05) is 84.1 Å². The number of benzene rings is 4. The van der Waals surface area contributed by atoms with Crippen LogP contribution in [0.3, 0.4) is 0 Å². The lowest BCUT2D eigenvalue weighted by molar-refractivity contribution is -0.138. The maximum absolute atomic E-state index is 14.7. The second-order valence-electron chi connectivity index (χ2n) is 11.7. The van der Waals surface area contributed by atoms with E-state index in [1.165, 1.54) is 30.6 Å². The average Bonchev–Trinajstić information content (AvgIpc) is 3.60. The van der Waals surface area contributed by atoms with Gasteiger partial charge in [-0.25, -0.2) is 14.2 Å². The van der Waals surface area contributed by atoms with Gasteiger partial charge < -0.3 is 18.8 Å². The molecule has 0 aliphatic carbocycles. The Morgan fingerprint density at radius 1 is 0.940 bits per heavy atom. The lowest BCUT2D eigenvalue weighted by Crippen LogP contribution is -2.40. The van der Waals surface area contributed by atoms with E-state index in [2.05, 4.69) is 4.57 Å². The molecule has 50 heavy (non-hydrogen) atoms. The molecule has 1 atom stereocenters. The number of hydrogen-bond donors (Lipinski definition) is 0. The van der Waals surface area contributed by atoms with Crippen LogP contribution in [0.4, 0.5) is 4.39 Å². The predicted molar refractivity (Wildman–Crippen MR) is 193 cm³/mol. The number of nitrogens with zero attached hydrogens (tertiary/aromatic N) is 3. The molecule has 0 saturated carbocycles. The highest BCUT2D eigenvalue weighted by molar-refractivity contribution is 7.07. The second kappa shape index (κ2) is 13.6. The van der Waals surface area contributed by atoms with Crippen LogP contribution in [0.5, 0.6) is 11.5 Å².